The molecule has 15 heavy (non-hydrogen) atoms. The van der Waals surface area contributed by atoms with Gasteiger partial charge < -0.3 is 9.88 Å². The molecule has 0 aliphatic heterocycles. The van der Waals surface area contributed by atoms with Gasteiger partial charge in [-0.25, -0.2) is 0 Å². The smallest absolute Gasteiger partial charge is 0.0356 e. The Morgan fingerprint density at radius 3 is 2.73 bits per heavy atom. The highest BCUT2D eigenvalue weighted by molar-refractivity contribution is 5.06. The second kappa shape index (κ2) is 7.52. The minimum Gasteiger partial charge on any atom is -0.350 e. The van der Waals surface area contributed by atoms with E-state index in [0.29, 0.717) is 0 Å². The number of nitrogens with one attached hydrogen (secondary N) is 1. The zero-order valence-corrected chi connectivity index (χ0v) is 10.1. The molecule has 1 N–H and O–H groups in total. The summed E-state index contributed by atoms with van der Waals surface area (Å²) in [5, 5.41) is 3.20. The van der Waals surface area contributed by atoms with E-state index in [9.17, 15) is 0 Å². The Balaban J connectivity index is 2.21. The molecule has 0 saturated heterocycles. The van der Waals surface area contributed by atoms with Crippen LogP contribution in [0, 0.1) is 0 Å². The first-order valence-corrected chi connectivity index (χ1v) is 6.17. The van der Waals surface area contributed by atoms with Crippen LogP contribution in [0.2, 0.25) is 0 Å². The summed E-state index contributed by atoms with van der Waals surface area (Å²) in [6.07, 6.45) is 8.96. The maximum absolute atomic E-state index is 3.20. The normalized spacial score (nSPS) is 10.8. The molecule has 1 heterocycles. The maximum atomic E-state index is 3.20. The molecule has 0 amide bonds. The molecule has 86 valence electrons. The van der Waals surface area contributed by atoms with Gasteiger partial charge in [-0.3, -0.25) is 0 Å². The highest BCUT2D eigenvalue weighted by Crippen LogP contribution is 2.07. The molecule has 2 heteroatoms. The Hall–Kier alpha value is -0.760. The summed E-state index contributed by atoms with van der Waals surface area (Å²) in [5.41, 5.74) is 1.40. The van der Waals surface area contributed by atoms with E-state index in [1.165, 1.54) is 44.3 Å². The van der Waals surface area contributed by atoms with E-state index in [4.69, 9.17) is 0 Å². The van der Waals surface area contributed by atoms with Crippen molar-refractivity contribution < 1.29 is 0 Å². The Kier molecular flexibility index (Phi) is 6.17. The van der Waals surface area contributed by atoms with Crippen LogP contribution in [0.15, 0.2) is 18.3 Å². The highest BCUT2D eigenvalue weighted by Gasteiger charge is 1.98. The molecule has 0 radical (unpaired) electrons. The summed E-state index contributed by atoms with van der Waals surface area (Å²) in [5.74, 6) is 0. The molecule has 0 atom stereocenters. The lowest BCUT2D eigenvalue weighted by atomic mass is 10.1. The molecule has 0 spiro atoms. The third-order valence-electron chi connectivity index (χ3n) is 2.78. The first-order valence-electron chi connectivity index (χ1n) is 6.17. The van der Waals surface area contributed by atoms with E-state index in [1.807, 2.05) is 7.05 Å². The molecular formula is C13H24N2. The number of aryl methyl sites for hydroxylation is 1. The predicted octanol–water partition coefficient (Wildman–Crippen LogP) is 3.18. The molecule has 1 aromatic rings. The fourth-order valence-corrected chi connectivity index (χ4v) is 1.89. The van der Waals surface area contributed by atoms with Crippen molar-refractivity contribution >= 4 is 0 Å². The minimum absolute atomic E-state index is 0.974. The third-order valence-corrected chi connectivity index (χ3v) is 2.78. The lowest BCUT2D eigenvalue weighted by Gasteiger charge is -2.08. The molecule has 0 unspecified atom stereocenters. The summed E-state index contributed by atoms with van der Waals surface area (Å²) in [7, 11) is 2.00. The van der Waals surface area contributed by atoms with Crippen molar-refractivity contribution in [3.05, 3.63) is 24.0 Å². The predicted molar refractivity (Wildman–Crippen MR) is 66.0 cm³/mol. The molecular weight excluding hydrogens is 184 g/mol. The monoisotopic (exact) mass is 208 g/mol. The van der Waals surface area contributed by atoms with Crippen LogP contribution in [0.3, 0.4) is 0 Å². The van der Waals surface area contributed by atoms with Crippen molar-refractivity contribution in [3.8, 4) is 0 Å². The van der Waals surface area contributed by atoms with Gasteiger partial charge in [0.15, 0.2) is 0 Å². The van der Waals surface area contributed by atoms with E-state index < -0.39 is 0 Å². The van der Waals surface area contributed by atoms with Gasteiger partial charge in [-0.05, 0) is 25.6 Å². The molecule has 0 fully saturated rings. The Morgan fingerprint density at radius 1 is 1.20 bits per heavy atom. The number of rotatable bonds is 8. The quantitative estimate of drug-likeness (QED) is 0.649. The van der Waals surface area contributed by atoms with E-state index in [0.717, 1.165) is 6.54 Å². The van der Waals surface area contributed by atoms with Crippen LogP contribution < -0.4 is 5.32 Å². The van der Waals surface area contributed by atoms with E-state index in [2.05, 4.69) is 35.1 Å². The summed E-state index contributed by atoms with van der Waals surface area (Å²) < 4.78 is 2.36. The molecule has 0 bridgehead atoms. The van der Waals surface area contributed by atoms with Gasteiger partial charge >= 0.3 is 0 Å². The van der Waals surface area contributed by atoms with Gasteiger partial charge in [0.05, 0.1) is 0 Å². The van der Waals surface area contributed by atoms with Gasteiger partial charge in [0.25, 0.3) is 0 Å². The fourth-order valence-electron chi connectivity index (χ4n) is 1.89. The van der Waals surface area contributed by atoms with Crippen molar-refractivity contribution in [1.29, 1.82) is 0 Å². The first-order chi connectivity index (χ1) is 7.38. The molecule has 0 saturated carbocycles. The van der Waals surface area contributed by atoms with Crippen LogP contribution in [-0.4, -0.2) is 11.6 Å². The van der Waals surface area contributed by atoms with Gasteiger partial charge in [-0.2, -0.15) is 0 Å². The third kappa shape index (κ3) is 4.52. The Morgan fingerprint density at radius 2 is 2.00 bits per heavy atom. The highest BCUT2D eigenvalue weighted by atomic mass is 15.0. The Bertz CT molecular complexity index is 253. The number of hydrogen-bond acceptors (Lipinski definition) is 1. The second-order valence-corrected chi connectivity index (χ2v) is 4.14. The molecule has 1 rings (SSSR count). The molecule has 2 nitrogen and oxygen atoms in total. The van der Waals surface area contributed by atoms with Crippen molar-refractivity contribution in [2.75, 3.05) is 7.05 Å². The summed E-state index contributed by atoms with van der Waals surface area (Å²) in [6.45, 7) is 4.41. The SMILES string of the molecule is CCCCCCCn1cccc1CNC. The van der Waals surface area contributed by atoms with Gasteiger partial charge in [0.1, 0.15) is 0 Å². The Labute approximate surface area is 93.7 Å². The average Bonchev–Trinajstić information content (AvgIpc) is 2.66. The molecule has 1 aromatic heterocycles. The van der Waals surface area contributed by atoms with Crippen molar-refractivity contribution in [1.82, 2.24) is 9.88 Å². The lowest BCUT2D eigenvalue weighted by Crippen LogP contribution is -2.10. The van der Waals surface area contributed by atoms with Gasteiger partial charge in [0.2, 0.25) is 0 Å². The van der Waals surface area contributed by atoms with Crippen LogP contribution in [0.5, 0.6) is 0 Å². The van der Waals surface area contributed by atoms with Crippen molar-refractivity contribution in [2.45, 2.75) is 52.1 Å². The van der Waals surface area contributed by atoms with Crippen LogP contribution >= 0.6 is 0 Å². The van der Waals surface area contributed by atoms with E-state index in [-0.39, 0.29) is 0 Å². The lowest BCUT2D eigenvalue weighted by molar-refractivity contribution is 0.552. The van der Waals surface area contributed by atoms with Crippen LogP contribution in [0.1, 0.15) is 44.7 Å². The molecule has 0 aromatic carbocycles. The molecule has 0 aliphatic carbocycles. The second-order valence-electron chi connectivity index (χ2n) is 4.14. The molecule has 0 aliphatic rings. The number of hydrogen-bond donors (Lipinski definition) is 1. The van der Waals surface area contributed by atoms with E-state index in [1.54, 1.807) is 0 Å². The standard InChI is InChI=1S/C13H24N2/c1-3-4-5-6-7-10-15-11-8-9-13(15)12-14-2/h8-9,11,14H,3-7,10,12H2,1-2H3. The average molecular weight is 208 g/mol. The van der Waals surface area contributed by atoms with Gasteiger partial charge in [-0.1, -0.05) is 32.6 Å². The van der Waals surface area contributed by atoms with Crippen LogP contribution in [-0.2, 0) is 13.1 Å². The maximum Gasteiger partial charge on any atom is 0.0356 e. The number of unbranched alkanes of at least 4 members (excludes halogenated alkanes) is 4. The van der Waals surface area contributed by atoms with Crippen molar-refractivity contribution in [2.24, 2.45) is 0 Å². The fraction of sp³-hybridized carbons (Fsp3) is 0.692. The summed E-state index contributed by atoms with van der Waals surface area (Å²) in [6, 6.07) is 4.33. The topological polar surface area (TPSA) is 17.0 Å². The van der Waals surface area contributed by atoms with E-state index >= 15 is 0 Å². The minimum atomic E-state index is 0.974. The van der Waals surface area contributed by atoms with Gasteiger partial charge in [-0.15, -0.1) is 0 Å². The number of nitrogens with zero attached hydrogens (tertiary/aromatic N) is 1. The largest absolute Gasteiger partial charge is 0.350 e. The zero-order valence-electron chi connectivity index (χ0n) is 10.1. The number of aromatic nitrogens is 1. The van der Waals surface area contributed by atoms with Gasteiger partial charge in [0, 0.05) is 25.0 Å². The first kappa shape index (κ1) is 12.3. The summed E-state index contributed by atoms with van der Waals surface area (Å²) >= 11 is 0. The van der Waals surface area contributed by atoms with Crippen LogP contribution in [0.4, 0.5) is 0 Å². The summed E-state index contributed by atoms with van der Waals surface area (Å²) in [4.78, 5) is 0. The zero-order chi connectivity index (χ0) is 10.9. The van der Waals surface area contributed by atoms with Crippen LogP contribution in [0.25, 0.3) is 0 Å². The van der Waals surface area contributed by atoms with Crippen molar-refractivity contribution in [3.63, 3.8) is 0 Å².